The molecule has 0 bridgehead atoms. The van der Waals surface area contributed by atoms with Crippen LogP contribution in [0.1, 0.15) is 12.0 Å². The highest BCUT2D eigenvalue weighted by Crippen LogP contribution is 2.05. The van der Waals surface area contributed by atoms with Crippen molar-refractivity contribution in [1.82, 2.24) is 4.90 Å². The molecule has 19 heavy (non-hydrogen) atoms. The van der Waals surface area contributed by atoms with Gasteiger partial charge in [0.1, 0.15) is 0 Å². The predicted octanol–water partition coefficient (Wildman–Crippen LogP) is 3.27. The molecule has 1 rings (SSSR count). The monoisotopic (exact) mass is 255 g/mol. The second-order valence-electron chi connectivity index (χ2n) is 4.01. The van der Waals surface area contributed by atoms with Gasteiger partial charge in [-0.05, 0) is 11.1 Å². The number of nitriles is 1. The number of azide groups is 1. The van der Waals surface area contributed by atoms with Gasteiger partial charge in [-0.15, -0.1) is 0 Å². The zero-order valence-corrected chi connectivity index (χ0v) is 10.8. The van der Waals surface area contributed by atoms with Crippen LogP contribution in [0.4, 0.5) is 0 Å². The smallest absolute Gasteiger partial charge is 0.0635 e. The van der Waals surface area contributed by atoms with E-state index in [4.69, 9.17) is 10.8 Å². The maximum atomic E-state index is 8.67. The van der Waals surface area contributed by atoms with Gasteiger partial charge in [0.15, 0.2) is 0 Å². The SMILES string of the molecule is N#CCCN(C/C=C/CN=[N+]=[N-])Cc1ccccc1. The van der Waals surface area contributed by atoms with E-state index >= 15 is 0 Å². The first-order chi connectivity index (χ1) is 9.36. The minimum atomic E-state index is 0.369. The first-order valence-corrected chi connectivity index (χ1v) is 6.16. The molecule has 98 valence electrons. The van der Waals surface area contributed by atoms with E-state index in [1.54, 1.807) is 0 Å². The van der Waals surface area contributed by atoms with Crippen LogP contribution in [0.15, 0.2) is 47.6 Å². The Morgan fingerprint density at radius 3 is 2.79 bits per heavy atom. The zero-order valence-electron chi connectivity index (χ0n) is 10.8. The van der Waals surface area contributed by atoms with Crippen LogP contribution >= 0.6 is 0 Å². The summed E-state index contributed by atoms with van der Waals surface area (Å²) in [5.41, 5.74) is 9.39. The van der Waals surface area contributed by atoms with Gasteiger partial charge in [0.25, 0.3) is 0 Å². The number of rotatable bonds is 8. The van der Waals surface area contributed by atoms with Gasteiger partial charge in [-0.1, -0.05) is 47.6 Å². The molecular weight excluding hydrogens is 238 g/mol. The van der Waals surface area contributed by atoms with E-state index in [1.807, 2.05) is 30.4 Å². The summed E-state index contributed by atoms with van der Waals surface area (Å²) in [5, 5.41) is 12.1. The standard InChI is InChI=1S/C14H17N5/c15-9-6-12-19(11-5-4-10-17-18-16)13-14-7-2-1-3-8-14/h1-5,7-8H,6,10-13H2/b5-4+. The molecule has 0 spiro atoms. The number of hydrogen-bond acceptors (Lipinski definition) is 3. The Labute approximate surface area is 113 Å². The van der Waals surface area contributed by atoms with Crippen LogP contribution in [0.5, 0.6) is 0 Å². The molecule has 0 N–H and O–H groups in total. The fraction of sp³-hybridized carbons (Fsp3) is 0.357. The predicted molar refractivity (Wildman–Crippen MR) is 75.1 cm³/mol. The van der Waals surface area contributed by atoms with Crippen LogP contribution in [0.3, 0.4) is 0 Å². The Morgan fingerprint density at radius 1 is 1.32 bits per heavy atom. The molecule has 0 unspecified atom stereocenters. The summed E-state index contributed by atoms with van der Waals surface area (Å²) in [4.78, 5) is 4.87. The molecule has 1 aromatic rings. The van der Waals surface area contributed by atoms with Gasteiger partial charge >= 0.3 is 0 Å². The molecule has 0 saturated heterocycles. The lowest BCUT2D eigenvalue weighted by Gasteiger charge is -2.19. The van der Waals surface area contributed by atoms with Crippen LogP contribution in [0.2, 0.25) is 0 Å². The Bertz CT molecular complexity index is 468. The van der Waals surface area contributed by atoms with Crippen LogP contribution in [-0.4, -0.2) is 24.5 Å². The Morgan fingerprint density at radius 2 is 2.11 bits per heavy atom. The molecule has 0 aliphatic heterocycles. The van der Waals surface area contributed by atoms with Gasteiger partial charge < -0.3 is 0 Å². The maximum Gasteiger partial charge on any atom is 0.0635 e. The van der Waals surface area contributed by atoms with Crippen molar-refractivity contribution in [3.05, 3.63) is 58.5 Å². The second kappa shape index (κ2) is 9.72. The Hall–Kier alpha value is -2.28. The molecule has 1 aromatic carbocycles. The molecule has 5 nitrogen and oxygen atoms in total. The molecule has 0 aromatic heterocycles. The van der Waals surface area contributed by atoms with E-state index in [9.17, 15) is 0 Å². The van der Waals surface area contributed by atoms with E-state index in [2.05, 4.69) is 33.1 Å². The van der Waals surface area contributed by atoms with E-state index in [1.165, 1.54) is 5.56 Å². The largest absolute Gasteiger partial charge is 0.294 e. The number of benzene rings is 1. The molecule has 0 heterocycles. The molecule has 0 amide bonds. The van der Waals surface area contributed by atoms with Crippen LogP contribution < -0.4 is 0 Å². The Balaban J connectivity index is 2.49. The molecule has 0 aliphatic rings. The normalized spacial score (nSPS) is 10.3. The second-order valence-corrected chi connectivity index (χ2v) is 4.01. The van der Waals surface area contributed by atoms with Crippen LogP contribution in [0.25, 0.3) is 10.4 Å². The summed E-state index contributed by atoms with van der Waals surface area (Å²) in [7, 11) is 0. The third-order valence-electron chi connectivity index (χ3n) is 2.57. The van der Waals surface area contributed by atoms with Gasteiger partial charge in [0.05, 0.1) is 6.07 Å². The van der Waals surface area contributed by atoms with Gasteiger partial charge in [-0.2, -0.15) is 5.26 Å². The quantitative estimate of drug-likeness (QED) is 0.309. The van der Waals surface area contributed by atoms with Crippen molar-refractivity contribution in [2.45, 2.75) is 13.0 Å². The molecule has 0 atom stereocenters. The first kappa shape index (κ1) is 14.8. The van der Waals surface area contributed by atoms with Gasteiger partial charge in [-0.3, -0.25) is 4.90 Å². The highest BCUT2D eigenvalue weighted by Gasteiger charge is 2.03. The lowest BCUT2D eigenvalue weighted by atomic mass is 10.2. The van der Waals surface area contributed by atoms with Crippen LogP contribution in [-0.2, 0) is 6.54 Å². The van der Waals surface area contributed by atoms with Crippen molar-refractivity contribution in [1.29, 1.82) is 5.26 Å². The molecule has 0 radical (unpaired) electrons. The van der Waals surface area contributed by atoms with E-state index in [0.717, 1.165) is 19.6 Å². The highest BCUT2D eigenvalue weighted by molar-refractivity contribution is 5.14. The van der Waals surface area contributed by atoms with E-state index in [-0.39, 0.29) is 0 Å². The lowest BCUT2D eigenvalue weighted by Crippen LogP contribution is -2.24. The van der Waals surface area contributed by atoms with Crippen LogP contribution in [0, 0.1) is 11.3 Å². The molecular formula is C14H17N5. The van der Waals surface area contributed by atoms with E-state index < -0.39 is 0 Å². The zero-order chi connectivity index (χ0) is 13.8. The average Bonchev–Trinajstić information content (AvgIpc) is 2.45. The van der Waals surface area contributed by atoms with Crippen molar-refractivity contribution in [3.63, 3.8) is 0 Å². The van der Waals surface area contributed by atoms with Gasteiger partial charge in [0.2, 0.25) is 0 Å². The van der Waals surface area contributed by atoms with Crippen molar-refractivity contribution in [2.75, 3.05) is 19.6 Å². The number of nitrogens with zero attached hydrogens (tertiary/aromatic N) is 5. The van der Waals surface area contributed by atoms with Crippen molar-refractivity contribution >= 4 is 0 Å². The summed E-state index contributed by atoms with van der Waals surface area (Å²) >= 11 is 0. The average molecular weight is 255 g/mol. The van der Waals surface area contributed by atoms with Crippen molar-refractivity contribution < 1.29 is 0 Å². The van der Waals surface area contributed by atoms with Crippen molar-refractivity contribution in [3.8, 4) is 6.07 Å². The fourth-order valence-electron chi connectivity index (χ4n) is 1.67. The lowest BCUT2D eigenvalue weighted by molar-refractivity contribution is 0.301. The Kier molecular flexibility index (Phi) is 7.56. The first-order valence-electron chi connectivity index (χ1n) is 6.16. The molecule has 0 aliphatic carbocycles. The van der Waals surface area contributed by atoms with E-state index in [0.29, 0.717) is 13.0 Å². The minimum Gasteiger partial charge on any atom is -0.294 e. The summed E-state index contributed by atoms with van der Waals surface area (Å²) in [6.07, 6.45) is 4.32. The number of hydrogen-bond donors (Lipinski definition) is 0. The molecule has 0 fully saturated rings. The minimum absolute atomic E-state index is 0.369. The molecule has 0 saturated carbocycles. The summed E-state index contributed by atoms with van der Waals surface area (Å²) in [6, 6.07) is 12.3. The third-order valence-corrected chi connectivity index (χ3v) is 2.57. The van der Waals surface area contributed by atoms with Gasteiger partial charge in [0, 0.05) is 37.5 Å². The van der Waals surface area contributed by atoms with Gasteiger partial charge in [-0.25, -0.2) is 0 Å². The third kappa shape index (κ3) is 6.89. The van der Waals surface area contributed by atoms with Crippen molar-refractivity contribution in [2.24, 2.45) is 5.11 Å². The summed E-state index contributed by atoms with van der Waals surface area (Å²) < 4.78 is 0. The highest BCUT2D eigenvalue weighted by atomic mass is 15.1. The fourth-order valence-corrected chi connectivity index (χ4v) is 1.67. The summed E-state index contributed by atoms with van der Waals surface area (Å²) in [5.74, 6) is 0. The topological polar surface area (TPSA) is 75.8 Å². The summed E-state index contributed by atoms with van der Waals surface area (Å²) in [6.45, 7) is 2.66. The maximum absolute atomic E-state index is 8.67. The molecule has 5 heteroatoms.